The lowest BCUT2D eigenvalue weighted by Gasteiger charge is -2.13. The Morgan fingerprint density at radius 2 is 2.26 bits per heavy atom. The van der Waals surface area contributed by atoms with E-state index in [1.165, 1.54) is 6.26 Å². The van der Waals surface area contributed by atoms with Crippen molar-refractivity contribution in [3.63, 3.8) is 0 Å². The Labute approximate surface area is 113 Å². The molecule has 0 spiro atoms. The van der Waals surface area contributed by atoms with Gasteiger partial charge < -0.3 is 9.47 Å². The van der Waals surface area contributed by atoms with Gasteiger partial charge in [-0.2, -0.15) is 0 Å². The first kappa shape index (κ1) is 14.1. The lowest BCUT2D eigenvalue weighted by Crippen LogP contribution is -2.25. The molecule has 1 saturated heterocycles. The topological polar surface area (TPSA) is 52.6 Å². The monoisotopic (exact) mass is 286 g/mol. The maximum absolute atomic E-state index is 13.3. The molecule has 104 valence electrons. The second-order valence-corrected chi connectivity index (χ2v) is 5.61. The van der Waals surface area contributed by atoms with Crippen molar-refractivity contribution in [1.29, 1.82) is 0 Å². The van der Waals surface area contributed by atoms with E-state index in [1.54, 1.807) is 24.3 Å². The van der Waals surface area contributed by atoms with Crippen LogP contribution in [0.15, 0.2) is 29.2 Å². The van der Waals surface area contributed by atoms with Crippen molar-refractivity contribution < 1.29 is 22.9 Å². The van der Waals surface area contributed by atoms with Gasteiger partial charge in [0.05, 0.1) is 27.9 Å². The zero-order chi connectivity index (χ0) is 13.8. The molecule has 0 saturated carbocycles. The summed E-state index contributed by atoms with van der Waals surface area (Å²) in [5, 5.41) is 0. The highest BCUT2D eigenvalue weighted by atomic mass is 32.2. The van der Waals surface area contributed by atoms with Gasteiger partial charge in [-0.1, -0.05) is 12.1 Å². The lowest BCUT2D eigenvalue weighted by atomic mass is 10.2. The number of hydrogen-bond donors (Lipinski definition) is 0. The first-order chi connectivity index (χ1) is 9.09. The molecule has 1 aliphatic heterocycles. The smallest absolute Gasteiger partial charge is 0.339 e. The maximum atomic E-state index is 13.3. The fourth-order valence-electron chi connectivity index (χ4n) is 1.90. The second-order valence-electron chi connectivity index (χ2n) is 4.26. The standard InChI is InChI=1S/C13H15FO4S/c1-19(16)12-5-3-2-4-9(12)13(15)18-8-11-10(14)6-7-17-11/h2-5,10-11H,6-8H2,1H3. The van der Waals surface area contributed by atoms with Gasteiger partial charge in [0.25, 0.3) is 0 Å². The fourth-order valence-corrected chi connectivity index (χ4v) is 2.63. The van der Waals surface area contributed by atoms with Crippen molar-refractivity contribution in [1.82, 2.24) is 0 Å². The van der Waals surface area contributed by atoms with E-state index in [9.17, 15) is 13.4 Å². The highest BCUT2D eigenvalue weighted by Crippen LogP contribution is 2.19. The summed E-state index contributed by atoms with van der Waals surface area (Å²) in [6.07, 6.45) is 0.0354. The second kappa shape index (κ2) is 6.25. The van der Waals surface area contributed by atoms with Crippen molar-refractivity contribution in [3.05, 3.63) is 29.8 Å². The molecule has 4 nitrogen and oxygen atoms in total. The van der Waals surface area contributed by atoms with Crippen LogP contribution in [0.4, 0.5) is 4.39 Å². The molecule has 19 heavy (non-hydrogen) atoms. The third kappa shape index (κ3) is 3.39. The van der Waals surface area contributed by atoms with Crippen molar-refractivity contribution >= 4 is 16.8 Å². The van der Waals surface area contributed by atoms with Gasteiger partial charge in [-0.25, -0.2) is 9.18 Å². The molecule has 0 N–H and O–H groups in total. The summed E-state index contributed by atoms with van der Waals surface area (Å²) in [6.45, 7) is 0.226. The van der Waals surface area contributed by atoms with E-state index < -0.39 is 29.0 Å². The molecule has 3 unspecified atom stereocenters. The Morgan fingerprint density at radius 3 is 2.89 bits per heavy atom. The number of rotatable bonds is 4. The van der Waals surface area contributed by atoms with Gasteiger partial charge in [0.2, 0.25) is 0 Å². The van der Waals surface area contributed by atoms with Crippen LogP contribution in [0.3, 0.4) is 0 Å². The molecule has 1 aliphatic rings. The van der Waals surface area contributed by atoms with E-state index in [-0.39, 0.29) is 12.2 Å². The summed E-state index contributed by atoms with van der Waals surface area (Å²) in [6, 6.07) is 6.51. The summed E-state index contributed by atoms with van der Waals surface area (Å²) < 4.78 is 34.9. The van der Waals surface area contributed by atoms with Crippen LogP contribution in [0.25, 0.3) is 0 Å². The largest absolute Gasteiger partial charge is 0.459 e. The first-order valence-corrected chi connectivity index (χ1v) is 7.50. The molecule has 0 bridgehead atoms. The van der Waals surface area contributed by atoms with Crippen molar-refractivity contribution in [3.8, 4) is 0 Å². The highest BCUT2D eigenvalue weighted by molar-refractivity contribution is 7.84. The van der Waals surface area contributed by atoms with Gasteiger partial charge in [-0.15, -0.1) is 0 Å². The van der Waals surface area contributed by atoms with Gasteiger partial charge in [0.15, 0.2) is 0 Å². The normalized spacial score (nSPS) is 24.1. The lowest BCUT2D eigenvalue weighted by molar-refractivity contribution is 0.00141. The van der Waals surface area contributed by atoms with Gasteiger partial charge in [-0.05, 0) is 12.1 Å². The molecule has 6 heteroatoms. The summed E-state index contributed by atoms with van der Waals surface area (Å²) in [4.78, 5) is 12.3. The fraction of sp³-hybridized carbons (Fsp3) is 0.462. The molecule has 3 atom stereocenters. The van der Waals surface area contributed by atoms with Crippen LogP contribution < -0.4 is 0 Å². The Balaban J connectivity index is 2.02. The highest BCUT2D eigenvalue weighted by Gasteiger charge is 2.29. The zero-order valence-corrected chi connectivity index (χ0v) is 11.3. The number of halogens is 1. The Hall–Kier alpha value is -1.27. The van der Waals surface area contributed by atoms with Crippen LogP contribution in [-0.2, 0) is 20.3 Å². The molecule has 1 heterocycles. The van der Waals surface area contributed by atoms with E-state index in [0.29, 0.717) is 17.9 Å². The van der Waals surface area contributed by atoms with Crippen LogP contribution >= 0.6 is 0 Å². The average Bonchev–Trinajstić information content (AvgIpc) is 2.81. The molecular formula is C13H15FO4S. The van der Waals surface area contributed by atoms with Crippen LogP contribution in [0.5, 0.6) is 0 Å². The number of alkyl halides is 1. The van der Waals surface area contributed by atoms with Gasteiger partial charge >= 0.3 is 5.97 Å². The van der Waals surface area contributed by atoms with Crippen LogP contribution in [0.2, 0.25) is 0 Å². The molecular weight excluding hydrogens is 271 g/mol. The molecule has 0 aliphatic carbocycles. The number of carbonyl (C=O) groups excluding carboxylic acids is 1. The van der Waals surface area contributed by atoms with Crippen molar-refractivity contribution in [2.75, 3.05) is 19.5 Å². The third-order valence-electron chi connectivity index (χ3n) is 2.92. The van der Waals surface area contributed by atoms with Gasteiger partial charge in [0, 0.05) is 12.7 Å². The predicted octanol–water partition coefficient (Wildman–Crippen LogP) is 1.71. The van der Waals surface area contributed by atoms with E-state index in [1.807, 2.05) is 0 Å². The quantitative estimate of drug-likeness (QED) is 0.791. The molecule has 1 aromatic rings. The predicted molar refractivity (Wildman–Crippen MR) is 68.3 cm³/mol. The summed E-state index contributed by atoms with van der Waals surface area (Å²) in [5.41, 5.74) is 0.247. The molecule has 0 aromatic heterocycles. The Bertz CT molecular complexity index is 491. The molecule has 2 rings (SSSR count). The Kier molecular flexibility index (Phi) is 4.66. The number of carbonyl (C=O) groups is 1. The van der Waals surface area contributed by atoms with Gasteiger partial charge in [0.1, 0.15) is 18.9 Å². The number of benzene rings is 1. The minimum Gasteiger partial charge on any atom is -0.459 e. The van der Waals surface area contributed by atoms with Gasteiger partial charge in [-0.3, -0.25) is 4.21 Å². The number of esters is 1. The average molecular weight is 286 g/mol. The maximum Gasteiger partial charge on any atom is 0.339 e. The van der Waals surface area contributed by atoms with Crippen LogP contribution in [-0.4, -0.2) is 41.9 Å². The summed E-state index contributed by atoms with van der Waals surface area (Å²) >= 11 is 0. The number of hydrogen-bond acceptors (Lipinski definition) is 4. The van der Waals surface area contributed by atoms with E-state index >= 15 is 0 Å². The number of ether oxygens (including phenoxy) is 2. The summed E-state index contributed by atoms with van der Waals surface area (Å²) in [5.74, 6) is -0.603. The minimum atomic E-state index is -1.28. The third-order valence-corrected chi connectivity index (χ3v) is 3.90. The Morgan fingerprint density at radius 1 is 1.53 bits per heavy atom. The van der Waals surface area contributed by atoms with Crippen LogP contribution in [0.1, 0.15) is 16.8 Å². The van der Waals surface area contributed by atoms with E-state index in [2.05, 4.69) is 0 Å². The van der Waals surface area contributed by atoms with Crippen molar-refractivity contribution in [2.45, 2.75) is 23.6 Å². The molecule has 1 aromatic carbocycles. The van der Waals surface area contributed by atoms with E-state index in [4.69, 9.17) is 9.47 Å². The molecule has 1 fully saturated rings. The van der Waals surface area contributed by atoms with Crippen LogP contribution in [0, 0.1) is 0 Å². The molecule has 0 radical (unpaired) electrons. The molecule has 0 amide bonds. The summed E-state index contributed by atoms with van der Waals surface area (Å²) in [7, 11) is -1.28. The van der Waals surface area contributed by atoms with E-state index in [0.717, 1.165) is 0 Å². The van der Waals surface area contributed by atoms with Crippen molar-refractivity contribution in [2.24, 2.45) is 0 Å². The minimum absolute atomic E-state index is 0.120. The SMILES string of the molecule is CS(=O)c1ccccc1C(=O)OCC1OCCC1F. The zero-order valence-electron chi connectivity index (χ0n) is 10.5. The first-order valence-electron chi connectivity index (χ1n) is 5.95.